The van der Waals surface area contributed by atoms with Crippen LogP contribution in [0.2, 0.25) is 0 Å². The van der Waals surface area contributed by atoms with Crippen LogP contribution in [0.3, 0.4) is 0 Å². The van der Waals surface area contributed by atoms with Gasteiger partial charge in [-0.3, -0.25) is 0 Å². The highest BCUT2D eigenvalue weighted by molar-refractivity contribution is 5.52. The van der Waals surface area contributed by atoms with Crippen LogP contribution in [0.25, 0.3) is 6.08 Å². The largest absolute Gasteiger partial charge is 0.192 e. The van der Waals surface area contributed by atoms with Crippen LogP contribution in [0.1, 0.15) is 37.3 Å². The van der Waals surface area contributed by atoms with Gasteiger partial charge >= 0.3 is 0 Å². The summed E-state index contributed by atoms with van der Waals surface area (Å²) < 4.78 is 0. The zero-order valence-corrected chi connectivity index (χ0v) is 8.53. The first-order valence-corrected chi connectivity index (χ1v) is 5.03. The van der Waals surface area contributed by atoms with E-state index in [0.717, 1.165) is 17.5 Å². The van der Waals surface area contributed by atoms with Crippen molar-refractivity contribution in [2.45, 2.75) is 26.2 Å². The molecule has 1 aromatic carbocycles. The van der Waals surface area contributed by atoms with Crippen molar-refractivity contribution in [1.82, 2.24) is 0 Å². The quantitative estimate of drug-likeness (QED) is 0.655. The van der Waals surface area contributed by atoms with E-state index in [4.69, 9.17) is 5.26 Å². The molecule has 1 nitrogen and oxygen atoms in total. The van der Waals surface area contributed by atoms with Crippen LogP contribution in [-0.4, -0.2) is 0 Å². The molecule has 0 fully saturated rings. The normalized spacial score (nSPS) is 10.3. The molecule has 1 rings (SSSR count). The number of hydrogen-bond acceptors (Lipinski definition) is 1. The Morgan fingerprint density at radius 3 is 3.00 bits per heavy atom. The zero-order chi connectivity index (χ0) is 10.2. The van der Waals surface area contributed by atoms with Gasteiger partial charge in [0.1, 0.15) is 0 Å². The minimum Gasteiger partial charge on any atom is -0.192 e. The zero-order valence-electron chi connectivity index (χ0n) is 8.53. The molecule has 0 N–H and O–H groups in total. The molecule has 0 unspecified atom stereocenters. The third kappa shape index (κ3) is 3.45. The average molecular weight is 185 g/mol. The van der Waals surface area contributed by atoms with Crippen molar-refractivity contribution < 1.29 is 0 Å². The molecule has 0 heterocycles. The Balaban J connectivity index is 2.59. The summed E-state index contributed by atoms with van der Waals surface area (Å²) in [5.74, 6) is 0. The van der Waals surface area contributed by atoms with Crippen molar-refractivity contribution in [2.24, 2.45) is 0 Å². The van der Waals surface area contributed by atoms with Gasteiger partial charge in [0, 0.05) is 0 Å². The van der Waals surface area contributed by atoms with E-state index >= 15 is 0 Å². The van der Waals surface area contributed by atoms with Crippen LogP contribution in [0, 0.1) is 11.3 Å². The van der Waals surface area contributed by atoms with Gasteiger partial charge in [0.05, 0.1) is 11.6 Å². The fraction of sp³-hybridized carbons (Fsp3) is 0.308. The van der Waals surface area contributed by atoms with Gasteiger partial charge in [-0.25, -0.2) is 0 Å². The summed E-state index contributed by atoms with van der Waals surface area (Å²) in [6.45, 7) is 2.18. The van der Waals surface area contributed by atoms with E-state index in [9.17, 15) is 0 Å². The van der Waals surface area contributed by atoms with Gasteiger partial charge in [-0.1, -0.05) is 44.1 Å². The molecular formula is C13H15N. The fourth-order valence-electron chi connectivity index (χ4n) is 1.25. The Bertz CT molecular complexity index is 344. The average Bonchev–Trinajstić information content (AvgIpc) is 2.25. The summed E-state index contributed by atoms with van der Waals surface area (Å²) in [4.78, 5) is 0. The van der Waals surface area contributed by atoms with Gasteiger partial charge in [0.25, 0.3) is 0 Å². The second-order valence-corrected chi connectivity index (χ2v) is 3.28. The number of unbranched alkanes of at least 4 members (excludes halogenated alkanes) is 2. The van der Waals surface area contributed by atoms with E-state index in [1.54, 1.807) is 0 Å². The summed E-state index contributed by atoms with van der Waals surface area (Å²) in [6, 6.07) is 9.79. The molecule has 0 aliphatic rings. The molecule has 0 amide bonds. The lowest BCUT2D eigenvalue weighted by molar-refractivity contribution is 0.816. The maximum absolute atomic E-state index is 8.70. The Morgan fingerprint density at radius 2 is 2.29 bits per heavy atom. The predicted molar refractivity (Wildman–Crippen MR) is 59.7 cm³/mol. The third-order valence-corrected chi connectivity index (χ3v) is 2.05. The molecule has 0 aliphatic carbocycles. The summed E-state index contributed by atoms with van der Waals surface area (Å²) in [6.07, 6.45) is 7.82. The number of nitrogens with zero attached hydrogens (tertiary/aromatic N) is 1. The molecule has 1 heteroatoms. The van der Waals surface area contributed by atoms with Crippen LogP contribution in [0.4, 0.5) is 0 Å². The van der Waals surface area contributed by atoms with Crippen molar-refractivity contribution in [3.05, 3.63) is 41.5 Å². The van der Waals surface area contributed by atoms with Gasteiger partial charge in [-0.2, -0.15) is 5.26 Å². The fourth-order valence-corrected chi connectivity index (χ4v) is 1.25. The lowest BCUT2D eigenvalue weighted by atomic mass is 10.1. The molecule has 0 bridgehead atoms. The molecule has 0 saturated carbocycles. The van der Waals surface area contributed by atoms with E-state index in [-0.39, 0.29) is 0 Å². The molecule has 14 heavy (non-hydrogen) atoms. The summed E-state index contributed by atoms with van der Waals surface area (Å²) in [7, 11) is 0. The minimum atomic E-state index is 0.725. The van der Waals surface area contributed by atoms with Crippen molar-refractivity contribution >= 4 is 6.08 Å². The van der Waals surface area contributed by atoms with Gasteiger partial charge in [-0.05, 0) is 24.1 Å². The molecule has 72 valence electrons. The number of allylic oxidation sites excluding steroid dienone is 1. The molecular weight excluding hydrogens is 170 g/mol. The number of nitriles is 1. The monoisotopic (exact) mass is 185 g/mol. The maximum atomic E-state index is 8.70. The summed E-state index contributed by atoms with van der Waals surface area (Å²) in [5.41, 5.74) is 1.84. The Morgan fingerprint density at radius 1 is 1.43 bits per heavy atom. The lowest BCUT2D eigenvalue weighted by Gasteiger charge is -1.93. The standard InChI is InChI=1S/C13H15N/c1-2-3-4-5-7-12-8-6-9-13(10-12)11-14/h5-10H,2-4H2,1H3/b7-5+. The smallest absolute Gasteiger partial charge is 0.0991 e. The van der Waals surface area contributed by atoms with E-state index in [2.05, 4.69) is 25.1 Å². The van der Waals surface area contributed by atoms with E-state index in [1.807, 2.05) is 24.3 Å². The maximum Gasteiger partial charge on any atom is 0.0991 e. The third-order valence-electron chi connectivity index (χ3n) is 2.05. The summed E-state index contributed by atoms with van der Waals surface area (Å²) in [5, 5.41) is 8.70. The van der Waals surface area contributed by atoms with Crippen LogP contribution in [-0.2, 0) is 0 Å². The highest BCUT2D eigenvalue weighted by Crippen LogP contribution is 2.07. The van der Waals surface area contributed by atoms with Crippen LogP contribution in [0.5, 0.6) is 0 Å². The predicted octanol–water partition coefficient (Wildman–Crippen LogP) is 3.76. The van der Waals surface area contributed by atoms with Crippen LogP contribution in [0.15, 0.2) is 30.3 Å². The van der Waals surface area contributed by atoms with E-state index < -0.39 is 0 Å². The number of hydrogen-bond donors (Lipinski definition) is 0. The Hall–Kier alpha value is -1.55. The van der Waals surface area contributed by atoms with E-state index in [0.29, 0.717) is 0 Å². The van der Waals surface area contributed by atoms with Gasteiger partial charge in [0.2, 0.25) is 0 Å². The van der Waals surface area contributed by atoms with Crippen LogP contribution < -0.4 is 0 Å². The first-order valence-electron chi connectivity index (χ1n) is 5.03. The molecule has 0 radical (unpaired) electrons. The molecule has 0 saturated heterocycles. The van der Waals surface area contributed by atoms with Crippen molar-refractivity contribution in [3.63, 3.8) is 0 Å². The molecule has 0 aliphatic heterocycles. The van der Waals surface area contributed by atoms with Gasteiger partial charge in [0.15, 0.2) is 0 Å². The van der Waals surface area contributed by atoms with E-state index in [1.165, 1.54) is 12.8 Å². The lowest BCUT2D eigenvalue weighted by Crippen LogP contribution is -1.76. The molecule has 0 spiro atoms. The van der Waals surface area contributed by atoms with Crippen molar-refractivity contribution in [3.8, 4) is 6.07 Å². The SMILES string of the molecule is CCCC/C=C/c1cccc(C#N)c1. The van der Waals surface area contributed by atoms with Crippen LogP contribution >= 0.6 is 0 Å². The summed E-state index contributed by atoms with van der Waals surface area (Å²) >= 11 is 0. The highest BCUT2D eigenvalue weighted by atomic mass is 14.2. The van der Waals surface area contributed by atoms with Gasteiger partial charge in [-0.15, -0.1) is 0 Å². The molecule has 0 atom stereocenters. The van der Waals surface area contributed by atoms with Crippen molar-refractivity contribution in [1.29, 1.82) is 5.26 Å². The van der Waals surface area contributed by atoms with Crippen molar-refractivity contribution in [2.75, 3.05) is 0 Å². The second-order valence-electron chi connectivity index (χ2n) is 3.28. The van der Waals surface area contributed by atoms with Gasteiger partial charge < -0.3 is 0 Å². The first-order chi connectivity index (χ1) is 6.86. The first kappa shape index (κ1) is 10.5. The molecule has 1 aromatic rings. The second kappa shape index (κ2) is 5.99. The number of rotatable bonds is 4. The Kier molecular flexibility index (Phi) is 4.50. The topological polar surface area (TPSA) is 23.8 Å². The Labute approximate surface area is 85.7 Å². The highest BCUT2D eigenvalue weighted by Gasteiger charge is 1.89. The minimum absolute atomic E-state index is 0.725. The molecule has 0 aromatic heterocycles. The number of benzene rings is 1.